The van der Waals surface area contributed by atoms with Crippen LogP contribution in [0.5, 0.6) is 0 Å². The summed E-state index contributed by atoms with van der Waals surface area (Å²) in [6.45, 7) is 0.364. The Kier molecular flexibility index (Phi) is 3.77. The Morgan fingerprint density at radius 3 is 2.65 bits per heavy atom. The van der Waals surface area contributed by atoms with Gasteiger partial charge in [0.05, 0.1) is 0 Å². The van der Waals surface area contributed by atoms with E-state index in [1.165, 1.54) is 0 Å². The highest BCUT2D eigenvalue weighted by Gasteiger charge is 2.14. The average Bonchev–Trinajstić information content (AvgIpc) is 2.89. The number of aromatic nitrogens is 2. The van der Waals surface area contributed by atoms with Crippen molar-refractivity contribution < 1.29 is 4.79 Å². The second-order valence-electron chi connectivity index (χ2n) is 3.48. The van der Waals surface area contributed by atoms with E-state index >= 15 is 0 Å². The van der Waals surface area contributed by atoms with Crippen LogP contribution in [0.2, 0.25) is 0 Å². The molecule has 0 aliphatic rings. The second kappa shape index (κ2) is 5.50. The highest BCUT2D eigenvalue weighted by atomic mass is 35.5. The van der Waals surface area contributed by atoms with Gasteiger partial charge in [-0.25, -0.2) is 0 Å². The third kappa shape index (κ3) is 2.85. The fraction of sp³-hybridized carbons (Fsp3) is 0.167. The Morgan fingerprint density at radius 1 is 1.29 bits per heavy atom. The van der Waals surface area contributed by atoms with Crippen molar-refractivity contribution in [2.24, 2.45) is 0 Å². The first-order valence-corrected chi connectivity index (χ1v) is 5.73. The molecule has 1 amide bonds. The van der Waals surface area contributed by atoms with E-state index in [2.05, 4.69) is 5.10 Å². The van der Waals surface area contributed by atoms with E-state index in [-0.39, 0.29) is 11.8 Å². The number of benzene rings is 1. The van der Waals surface area contributed by atoms with Gasteiger partial charge in [0.25, 0.3) is 0 Å². The number of hydrogen-bond acceptors (Lipinski definition) is 2. The molecule has 4 nitrogen and oxygen atoms in total. The summed E-state index contributed by atoms with van der Waals surface area (Å²) < 4.78 is 1.68. The van der Waals surface area contributed by atoms with Gasteiger partial charge in [-0.3, -0.25) is 14.4 Å². The van der Waals surface area contributed by atoms with Gasteiger partial charge in [0.2, 0.25) is 5.91 Å². The normalized spacial score (nSPS) is 10.2. The summed E-state index contributed by atoms with van der Waals surface area (Å²) >= 11 is 5.62. The SMILES string of the molecule is O=C(CCl)N(Cn1cccn1)c1ccccc1. The molecule has 88 valence electrons. The lowest BCUT2D eigenvalue weighted by atomic mass is 10.3. The number of alkyl halides is 1. The maximum Gasteiger partial charge on any atom is 0.243 e. The van der Waals surface area contributed by atoms with Crippen LogP contribution in [-0.4, -0.2) is 21.6 Å². The molecule has 0 aliphatic carbocycles. The molecule has 0 fully saturated rings. The Hall–Kier alpha value is -1.81. The zero-order valence-electron chi connectivity index (χ0n) is 9.16. The van der Waals surface area contributed by atoms with Crippen LogP contribution in [0.1, 0.15) is 0 Å². The van der Waals surface area contributed by atoms with Gasteiger partial charge < -0.3 is 0 Å². The third-order valence-electron chi connectivity index (χ3n) is 2.33. The Labute approximate surface area is 104 Å². The Bertz CT molecular complexity index is 470. The quantitative estimate of drug-likeness (QED) is 0.779. The third-order valence-corrected chi connectivity index (χ3v) is 2.56. The minimum atomic E-state index is -0.145. The van der Waals surface area contributed by atoms with E-state index in [1.54, 1.807) is 22.0 Å². The monoisotopic (exact) mass is 249 g/mol. The number of carbonyl (C=O) groups is 1. The zero-order chi connectivity index (χ0) is 12.1. The lowest BCUT2D eigenvalue weighted by Gasteiger charge is -2.21. The Morgan fingerprint density at radius 2 is 2.06 bits per heavy atom. The van der Waals surface area contributed by atoms with E-state index in [1.807, 2.05) is 36.4 Å². The number of anilines is 1. The summed E-state index contributed by atoms with van der Waals surface area (Å²) in [5.74, 6) is -0.191. The van der Waals surface area contributed by atoms with Crippen molar-refractivity contribution >= 4 is 23.2 Å². The van der Waals surface area contributed by atoms with Gasteiger partial charge in [0, 0.05) is 18.1 Å². The number of carbonyl (C=O) groups excluding carboxylic acids is 1. The molecular weight excluding hydrogens is 238 g/mol. The summed E-state index contributed by atoms with van der Waals surface area (Å²) in [7, 11) is 0. The maximum atomic E-state index is 11.8. The topological polar surface area (TPSA) is 38.1 Å². The van der Waals surface area contributed by atoms with Crippen LogP contribution in [0.4, 0.5) is 5.69 Å². The summed E-state index contributed by atoms with van der Waals surface area (Å²) in [6.07, 6.45) is 3.48. The van der Waals surface area contributed by atoms with Crippen molar-refractivity contribution in [2.45, 2.75) is 6.67 Å². The summed E-state index contributed by atoms with van der Waals surface area (Å²) in [5.41, 5.74) is 0.814. The predicted octanol–water partition coefficient (Wildman–Crippen LogP) is 2.11. The van der Waals surface area contributed by atoms with Crippen molar-refractivity contribution in [3.05, 3.63) is 48.8 Å². The van der Waals surface area contributed by atoms with Crippen LogP contribution >= 0.6 is 11.6 Å². The van der Waals surface area contributed by atoms with E-state index in [0.29, 0.717) is 6.67 Å². The van der Waals surface area contributed by atoms with Gasteiger partial charge in [0.1, 0.15) is 12.5 Å². The molecule has 0 saturated heterocycles. The minimum absolute atomic E-state index is 0.0455. The first-order valence-electron chi connectivity index (χ1n) is 5.20. The van der Waals surface area contributed by atoms with Gasteiger partial charge in [-0.05, 0) is 18.2 Å². The number of nitrogens with zero attached hydrogens (tertiary/aromatic N) is 3. The first-order chi connectivity index (χ1) is 8.31. The van der Waals surface area contributed by atoms with E-state index in [0.717, 1.165) is 5.69 Å². The summed E-state index contributed by atoms with van der Waals surface area (Å²) in [4.78, 5) is 13.4. The molecule has 0 aliphatic heterocycles. The summed E-state index contributed by atoms with van der Waals surface area (Å²) in [6, 6.07) is 11.2. The van der Waals surface area contributed by atoms with Crippen molar-refractivity contribution in [1.29, 1.82) is 0 Å². The molecule has 0 radical (unpaired) electrons. The highest BCUT2D eigenvalue weighted by molar-refractivity contribution is 6.29. The van der Waals surface area contributed by atoms with Crippen molar-refractivity contribution in [2.75, 3.05) is 10.8 Å². The molecule has 0 unspecified atom stereocenters. The van der Waals surface area contributed by atoms with Gasteiger partial charge in [-0.15, -0.1) is 11.6 Å². The van der Waals surface area contributed by atoms with Crippen LogP contribution in [0.3, 0.4) is 0 Å². The standard InChI is InChI=1S/C12H12ClN3O/c13-9-12(17)16(10-15-8-4-7-14-15)11-5-2-1-3-6-11/h1-8H,9-10H2. The molecule has 1 heterocycles. The Balaban J connectivity index is 2.23. The van der Waals surface area contributed by atoms with Gasteiger partial charge in [-0.1, -0.05) is 18.2 Å². The number of halogens is 1. The fourth-order valence-electron chi connectivity index (χ4n) is 1.51. The molecule has 5 heteroatoms. The van der Waals surface area contributed by atoms with Crippen LogP contribution in [0, 0.1) is 0 Å². The largest absolute Gasteiger partial charge is 0.291 e. The lowest BCUT2D eigenvalue weighted by molar-refractivity contribution is -0.116. The molecule has 2 rings (SSSR count). The number of amides is 1. The zero-order valence-corrected chi connectivity index (χ0v) is 9.92. The molecule has 17 heavy (non-hydrogen) atoms. The lowest BCUT2D eigenvalue weighted by Crippen LogP contribution is -2.34. The minimum Gasteiger partial charge on any atom is -0.291 e. The maximum absolute atomic E-state index is 11.8. The molecule has 2 aromatic rings. The van der Waals surface area contributed by atoms with Crippen molar-refractivity contribution in [3.8, 4) is 0 Å². The number of para-hydroxylation sites is 1. The molecular formula is C12H12ClN3O. The van der Waals surface area contributed by atoms with Crippen molar-refractivity contribution in [3.63, 3.8) is 0 Å². The van der Waals surface area contributed by atoms with Crippen LogP contribution < -0.4 is 4.90 Å². The smallest absolute Gasteiger partial charge is 0.243 e. The van der Waals surface area contributed by atoms with Crippen LogP contribution in [0.15, 0.2) is 48.8 Å². The first kappa shape index (κ1) is 11.7. The number of hydrogen-bond donors (Lipinski definition) is 0. The predicted molar refractivity (Wildman–Crippen MR) is 66.9 cm³/mol. The highest BCUT2D eigenvalue weighted by Crippen LogP contribution is 2.14. The van der Waals surface area contributed by atoms with Crippen molar-refractivity contribution in [1.82, 2.24) is 9.78 Å². The van der Waals surface area contributed by atoms with Crippen LogP contribution in [-0.2, 0) is 11.5 Å². The molecule has 1 aromatic heterocycles. The molecule has 0 atom stereocenters. The fourth-order valence-corrected chi connectivity index (χ4v) is 1.66. The molecule has 1 aromatic carbocycles. The average molecular weight is 250 g/mol. The molecule has 0 bridgehead atoms. The number of rotatable bonds is 4. The molecule has 0 saturated carbocycles. The summed E-state index contributed by atoms with van der Waals surface area (Å²) in [5, 5.41) is 4.08. The van der Waals surface area contributed by atoms with E-state index < -0.39 is 0 Å². The van der Waals surface area contributed by atoms with E-state index in [9.17, 15) is 4.79 Å². The van der Waals surface area contributed by atoms with E-state index in [4.69, 9.17) is 11.6 Å². The van der Waals surface area contributed by atoms with Gasteiger partial charge >= 0.3 is 0 Å². The van der Waals surface area contributed by atoms with Gasteiger partial charge in [0.15, 0.2) is 0 Å². The van der Waals surface area contributed by atoms with Crippen LogP contribution in [0.25, 0.3) is 0 Å². The second-order valence-corrected chi connectivity index (χ2v) is 3.75. The molecule has 0 N–H and O–H groups in total. The van der Waals surface area contributed by atoms with Gasteiger partial charge in [-0.2, -0.15) is 5.10 Å². The molecule has 0 spiro atoms.